The number of hydrogen-bond donors (Lipinski definition) is 0. The number of aryl methyl sites for hydroxylation is 2. The van der Waals surface area contributed by atoms with Crippen molar-refractivity contribution in [2.24, 2.45) is 0 Å². The number of carbonyl (C=O) groups is 1. The summed E-state index contributed by atoms with van der Waals surface area (Å²) in [7, 11) is 3.77. The molecule has 1 aromatic carbocycles. The predicted molar refractivity (Wildman–Crippen MR) is 94.6 cm³/mol. The Balaban J connectivity index is 1.72. The maximum Gasteiger partial charge on any atom is 0.227 e. The molecule has 1 aliphatic heterocycles. The van der Waals surface area contributed by atoms with Gasteiger partial charge in [0, 0.05) is 25.2 Å². The molecule has 1 atom stereocenters. The molecule has 1 aliphatic rings. The molecule has 3 rings (SSSR count). The second-order valence-electron chi connectivity index (χ2n) is 6.59. The SMILES string of the molecule is COc1ccc([C@@H]2CN(C(=O)Cc3c(C)noc3C)CCN2C)cc1. The Kier molecular flexibility index (Phi) is 5.08. The topological polar surface area (TPSA) is 58.8 Å². The van der Waals surface area contributed by atoms with E-state index >= 15 is 0 Å². The van der Waals surface area contributed by atoms with Crippen molar-refractivity contribution in [1.29, 1.82) is 0 Å². The van der Waals surface area contributed by atoms with E-state index < -0.39 is 0 Å². The zero-order valence-electron chi connectivity index (χ0n) is 15.3. The average Bonchev–Trinajstić information content (AvgIpc) is 2.94. The molecule has 0 radical (unpaired) electrons. The van der Waals surface area contributed by atoms with Gasteiger partial charge >= 0.3 is 0 Å². The molecule has 1 fully saturated rings. The largest absolute Gasteiger partial charge is 0.497 e. The quantitative estimate of drug-likeness (QED) is 0.853. The zero-order valence-corrected chi connectivity index (χ0v) is 15.3. The number of methoxy groups -OCH3 is 1. The molecule has 0 unspecified atom stereocenters. The second-order valence-corrected chi connectivity index (χ2v) is 6.59. The number of ether oxygens (including phenoxy) is 1. The van der Waals surface area contributed by atoms with Crippen LogP contribution in [0, 0.1) is 13.8 Å². The zero-order chi connectivity index (χ0) is 18.0. The van der Waals surface area contributed by atoms with Gasteiger partial charge in [0.15, 0.2) is 0 Å². The highest BCUT2D eigenvalue weighted by Gasteiger charge is 2.29. The molecular weight excluding hydrogens is 318 g/mol. The van der Waals surface area contributed by atoms with Gasteiger partial charge in [-0.05, 0) is 38.6 Å². The highest BCUT2D eigenvalue weighted by atomic mass is 16.5. The first-order chi connectivity index (χ1) is 12.0. The van der Waals surface area contributed by atoms with E-state index in [1.165, 1.54) is 5.56 Å². The van der Waals surface area contributed by atoms with Gasteiger partial charge in [-0.1, -0.05) is 17.3 Å². The number of likely N-dealkylation sites (N-methyl/N-ethyl adjacent to an activating group) is 1. The van der Waals surface area contributed by atoms with Crippen molar-refractivity contribution in [3.05, 3.63) is 46.8 Å². The Morgan fingerprint density at radius 1 is 1.28 bits per heavy atom. The average molecular weight is 343 g/mol. The lowest BCUT2D eigenvalue weighted by atomic mass is 10.0. The molecule has 134 valence electrons. The van der Waals surface area contributed by atoms with Crippen LogP contribution in [-0.2, 0) is 11.2 Å². The van der Waals surface area contributed by atoms with Crippen LogP contribution in [0.25, 0.3) is 0 Å². The highest BCUT2D eigenvalue weighted by molar-refractivity contribution is 5.79. The van der Waals surface area contributed by atoms with Crippen LogP contribution >= 0.6 is 0 Å². The Hall–Kier alpha value is -2.34. The van der Waals surface area contributed by atoms with Crippen molar-refractivity contribution < 1.29 is 14.1 Å². The van der Waals surface area contributed by atoms with Crippen LogP contribution in [-0.4, -0.2) is 54.7 Å². The minimum absolute atomic E-state index is 0.126. The summed E-state index contributed by atoms with van der Waals surface area (Å²) in [5.74, 6) is 1.70. The monoisotopic (exact) mass is 343 g/mol. The van der Waals surface area contributed by atoms with E-state index in [1.807, 2.05) is 30.9 Å². The summed E-state index contributed by atoms with van der Waals surface area (Å²) in [6.07, 6.45) is 0.347. The fourth-order valence-corrected chi connectivity index (χ4v) is 3.30. The molecule has 1 saturated heterocycles. The predicted octanol–water partition coefficient (Wildman–Crippen LogP) is 2.36. The van der Waals surface area contributed by atoms with E-state index in [0.29, 0.717) is 13.0 Å². The Morgan fingerprint density at radius 3 is 2.60 bits per heavy atom. The molecule has 1 aromatic heterocycles. The van der Waals surface area contributed by atoms with Gasteiger partial charge in [-0.3, -0.25) is 9.69 Å². The van der Waals surface area contributed by atoms with Crippen LogP contribution in [0.1, 0.15) is 28.6 Å². The molecule has 0 N–H and O–H groups in total. The van der Waals surface area contributed by atoms with E-state index in [1.54, 1.807) is 7.11 Å². The van der Waals surface area contributed by atoms with E-state index in [4.69, 9.17) is 9.26 Å². The molecule has 0 spiro atoms. The van der Waals surface area contributed by atoms with Crippen molar-refractivity contribution in [2.75, 3.05) is 33.8 Å². The van der Waals surface area contributed by atoms with Crippen molar-refractivity contribution in [3.63, 3.8) is 0 Å². The molecule has 0 bridgehead atoms. The maximum absolute atomic E-state index is 12.8. The number of nitrogens with zero attached hydrogens (tertiary/aromatic N) is 3. The third kappa shape index (κ3) is 3.69. The van der Waals surface area contributed by atoms with Gasteiger partial charge in [-0.2, -0.15) is 0 Å². The Labute approximate surface area is 148 Å². The van der Waals surface area contributed by atoms with Gasteiger partial charge in [0.25, 0.3) is 0 Å². The highest BCUT2D eigenvalue weighted by Crippen LogP contribution is 2.26. The Bertz CT molecular complexity index is 719. The van der Waals surface area contributed by atoms with Crippen molar-refractivity contribution in [1.82, 2.24) is 15.0 Å². The van der Waals surface area contributed by atoms with Gasteiger partial charge in [-0.25, -0.2) is 0 Å². The fourth-order valence-electron chi connectivity index (χ4n) is 3.30. The Morgan fingerprint density at radius 2 is 2.00 bits per heavy atom. The van der Waals surface area contributed by atoms with Crippen molar-refractivity contribution in [2.45, 2.75) is 26.3 Å². The van der Waals surface area contributed by atoms with E-state index in [-0.39, 0.29) is 11.9 Å². The number of piperazine rings is 1. The van der Waals surface area contributed by atoms with Crippen LogP contribution in [0.4, 0.5) is 0 Å². The van der Waals surface area contributed by atoms with Crippen LogP contribution < -0.4 is 4.74 Å². The van der Waals surface area contributed by atoms with Crippen molar-refractivity contribution in [3.8, 4) is 5.75 Å². The molecular formula is C19H25N3O3. The number of hydrogen-bond acceptors (Lipinski definition) is 5. The standard InChI is InChI=1S/C19H25N3O3/c1-13-17(14(2)25-20-13)11-19(23)22-10-9-21(3)18(12-22)15-5-7-16(24-4)8-6-15/h5-8,18H,9-12H2,1-4H3/t18-/m0/s1. The third-order valence-corrected chi connectivity index (χ3v) is 5.01. The number of rotatable bonds is 4. The number of benzene rings is 1. The minimum atomic E-state index is 0.126. The summed E-state index contributed by atoms with van der Waals surface area (Å²) < 4.78 is 10.4. The third-order valence-electron chi connectivity index (χ3n) is 5.01. The van der Waals surface area contributed by atoms with E-state index in [0.717, 1.165) is 35.9 Å². The second kappa shape index (κ2) is 7.27. The summed E-state index contributed by atoms with van der Waals surface area (Å²) >= 11 is 0. The van der Waals surface area contributed by atoms with Gasteiger partial charge in [-0.15, -0.1) is 0 Å². The fraction of sp³-hybridized carbons (Fsp3) is 0.474. The van der Waals surface area contributed by atoms with E-state index in [2.05, 4.69) is 29.2 Å². The van der Waals surface area contributed by atoms with Crippen molar-refractivity contribution >= 4 is 5.91 Å². The number of aromatic nitrogens is 1. The maximum atomic E-state index is 12.8. The van der Waals surface area contributed by atoms with Gasteiger partial charge < -0.3 is 14.2 Å². The summed E-state index contributed by atoms with van der Waals surface area (Å²) in [4.78, 5) is 17.0. The molecule has 2 heterocycles. The smallest absolute Gasteiger partial charge is 0.227 e. The lowest BCUT2D eigenvalue weighted by Gasteiger charge is -2.39. The van der Waals surface area contributed by atoms with Crippen LogP contribution in [0.5, 0.6) is 5.75 Å². The van der Waals surface area contributed by atoms with Gasteiger partial charge in [0.05, 0.1) is 25.3 Å². The van der Waals surface area contributed by atoms with Crippen LogP contribution in [0.3, 0.4) is 0 Å². The van der Waals surface area contributed by atoms with Gasteiger partial charge in [0.1, 0.15) is 11.5 Å². The molecule has 1 amide bonds. The molecule has 6 heteroatoms. The molecule has 2 aromatic rings. The first-order valence-corrected chi connectivity index (χ1v) is 8.53. The first kappa shape index (κ1) is 17.5. The summed E-state index contributed by atoms with van der Waals surface area (Å²) in [6, 6.07) is 8.26. The lowest BCUT2D eigenvalue weighted by molar-refractivity contribution is -0.133. The van der Waals surface area contributed by atoms with E-state index in [9.17, 15) is 4.79 Å². The number of carbonyl (C=O) groups excluding carboxylic acids is 1. The summed E-state index contributed by atoms with van der Waals surface area (Å²) in [5.41, 5.74) is 2.90. The molecule has 25 heavy (non-hydrogen) atoms. The molecule has 6 nitrogen and oxygen atoms in total. The minimum Gasteiger partial charge on any atom is -0.497 e. The summed E-state index contributed by atoms with van der Waals surface area (Å²) in [5, 5.41) is 3.94. The molecule has 0 aliphatic carbocycles. The lowest BCUT2D eigenvalue weighted by Crippen LogP contribution is -2.49. The number of amides is 1. The van der Waals surface area contributed by atoms with Gasteiger partial charge in [0.2, 0.25) is 5.91 Å². The summed E-state index contributed by atoms with van der Waals surface area (Å²) in [6.45, 7) is 6.01. The normalized spacial score (nSPS) is 18.4. The van der Waals surface area contributed by atoms with Crippen LogP contribution in [0.15, 0.2) is 28.8 Å². The molecule has 0 saturated carbocycles. The van der Waals surface area contributed by atoms with Crippen LogP contribution in [0.2, 0.25) is 0 Å². The first-order valence-electron chi connectivity index (χ1n) is 8.53.